The zero-order valence-corrected chi connectivity index (χ0v) is 12.8. The fourth-order valence-corrected chi connectivity index (χ4v) is 2.29. The third kappa shape index (κ3) is 4.19. The van der Waals surface area contributed by atoms with Crippen LogP contribution in [0.3, 0.4) is 0 Å². The number of hydrogen-bond acceptors (Lipinski definition) is 2. The second-order valence-corrected chi connectivity index (χ2v) is 5.58. The summed E-state index contributed by atoms with van der Waals surface area (Å²) < 4.78 is 19.5. The van der Waals surface area contributed by atoms with Crippen molar-refractivity contribution >= 4 is 11.6 Å². The second kappa shape index (κ2) is 6.92. The van der Waals surface area contributed by atoms with Crippen LogP contribution in [0.25, 0.3) is 0 Å². The van der Waals surface area contributed by atoms with E-state index < -0.39 is 11.9 Å². The van der Waals surface area contributed by atoms with Gasteiger partial charge in [-0.15, -0.1) is 0 Å². The Balaban J connectivity index is 2.16. The average molecular weight is 309 g/mol. The predicted molar refractivity (Wildman–Crippen MR) is 82.3 cm³/mol. The van der Waals surface area contributed by atoms with Crippen LogP contribution in [-0.4, -0.2) is 11.2 Å². The van der Waals surface area contributed by atoms with E-state index in [0.29, 0.717) is 16.9 Å². The zero-order chi connectivity index (χ0) is 15.4. The van der Waals surface area contributed by atoms with E-state index in [1.807, 2.05) is 26.0 Å². The maximum Gasteiger partial charge on any atom is 0.145 e. The Morgan fingerprint density at radius 3 is 2.62 bits per heavy atom. The van der Waals surface area contributed by atoms with Crippen molar-refractivity contribution in [3.05, 3.63) is 64.4 Å². The summed E-state index contributed by atoms with van der Waals surface area (Å²) in [6, 6.07) is 12.0. The zero-order valence-electron chi connectivity index (χ0n) is 12.0. The number of aliphatic hydroxyl groups is 1. The highest BCUT2D eigenvalue weighted by Gasteiger charge is 2.14. The fraction of sp³-hybridized carbons (Fsp3) is 0.294. The average Bonchev–Trinajstić information content (AvgIpc) is 2.43. The monoisotopic (exact) mass is 308 g/mol. The standard InChI is InChI=1S/C17H18ClFO2/c1-11(2)21-14-7-3-5-12(9-14)16(20)10-13-6-4-8-15(18)17(13)19/h3-9,11,16,20H,10H2,1-2H3. The second-order valence-electron chi connectivity index (χ2n) is 5.17. The molecule has 21 heavy (non-hydrogen) atoms. The maximum atomic E-state index is 13.9. The molecule has 0 aliphatic carbocycles. The van der Waals surface area contributed by atoms with E-state index in [4.69, 9.17) is 16.3 Å². The molecule has 1 unspecified atom stereocenters. The first-order valence-electron chi connectivity index (χ1n) is 6.85. The molecule has 4 heteroatoms. The van der Waals surface area contributed by atoms with Crippen molar-refractivity contribution in [2.75, 3.05) is 0 Å². The summed E-state index contributed by atoms with van der Waals surface area (Å²) in [5, 5.41) is 10.3. The van der Waals surface area contributed by atoms with E-state index in [1.54, 1.807) is 24.3 Å². The molecule has 2 aromatic carbocycles. The Hall–Kier alpha value is -1.58. The molecule has 0 saturated heterocycles. The number of aliphatic hydroxyl groups excluding tert-OH is 1. The first-order valence-corrected chi connectivity index (χ1v) is 7.22. The number of hydrogen-bond donors (Lipinski definition) is 1. The molecule has 0 aliphatic rings. The molecule has 2 aromatic rings. The molecule has 1 atom stereocenters. The van der Waals surface area contributed by atoms with Crippen LogP contribution in [0.4, 0.5) is 4.39 Å². The van der Waals surface area contributed by atoms with Gasteiger partial charge in [0.15, 0.2) is 0 Å². The molecule has 0 fully saturated rings. The van der Waals surface area contributed by atoms with E-state index in [-0.39, 0.29) is 17.5 Å². The quantitative estimate of drug-likeness (QED) is 0.878. The minimum atomic E-state index is -0.811. The van der Waals surface area contributed by atoms with Gasteiger partial charge in [-0.25, -0.2) is 4.39 Å². The first-order chi connectivity index (χ1) is 9.97. The molecule has 0 spiro atoms. The number of rotatable bonds is 5. The summed E-state index contributed by atoms with van der Waals surface area (Å²) in [6.45, 7) is 3.87. The van der Waals surface area contributed by atoms with Crippen LogP contribution in [0.1, 0.15) is 31.1 Å². The summed E-state index contributed by atoms with van der Waals surface area (Å²) in [6.07, 6.45) is -0.589. The van der Waals surface area contributed by atoms with Gasteiger partial charge in [0.1, 0.15) is 11.6 Å². The van der Waals surface area contributed by atoms with Crippen LogP contribution in [0, 0.1) is 5.82 Å². The molecular formula is C17H18ClFO2. The topological polar surface area (TPSA) is 29.5 Å². The lowest BCUT2D eigenvalue weighted by Gasteiger charge is -2.15. The van der Waals surface area contributed by atoms with Crippen molar-refractivity contribution in [2.45, 2.75) is 32.5 Å². The van der Waals surface area contributed by atoms with Gasteiger partial charge in [-0.3, -0.25) is 0 Å². The lowest BCUT2D eigenvalue weighted by molar-refractivity contribution is 0.175. The van der Waals surface area contributed by atoms with Gasteiger partial charge in [0.2, 0.25) is 0 Å². The molecule has 1 N–H and O–H groups in total. The normalized spacial score (nSPS) is 12.5. The Bertz CT molecular complexity index is 613. The highest BCUT2D eigenvalue weighted by atomic mass is 35.5. The number of halogens is 2. The first kappa shape index (κ1) is 15.8. The van der Waals surface area contributed by atoms with Crippen molar-refractivity contribution in [2.24, 2.45) is 0 Å². The van der Waals surface area contributed by atoms with Crippen LogP contribution in [0.15, 0.2) is 42.5 Å². The Morgan fingerprint density at radius 1 is 1.19 bits per heavy atom. The molecule has 2 rings (SSSR count). The number of ether oxygens (including phenoxy) is 1. The molecule has 0 radical (unpaired) electrons. The SMILES string of the molecule is CC(C)Oc1cccc(C(O)Cc2cccc(Cl)c2F)c1. The van der Waals surface area contributed by atoms with E-state index in [9.17, 15) is 9.50 Å². The van der Waals surface area contributed by atoms with Crippen LogP contribution >= 0.6 is 11.6 Å². The van der Waals surface area contributed by atoms with Crippen LogP contribution in [-0.2, 0) is 6.42 Å². The van der Waals surface area contributed by atoms with Crippen molar-refractivity contribution in [1.82, 2.24) is 0 Å². The van der Waals surface area contributed by atoms with Gasteiger partial charge in [-0.2, -0.15) is 0 Å². The predicted octanol–water partition coefficient (Wildman–Crippen LogP) is 4.54. The van der Waals surface area contributed by atoms with Gasteiger partial charge >= 0.3 is 0 Å². The molecule has 0 aliphatic heterocycles. The maximum absolute atomic E-state index is 13.9. The molecule has 0 aromatic heterocycles. The lowest BCUT2D eigenvalue weighted by atomic mass is 10.0. The molecule has 0 saturated carbocycles. The molecule has 0 bridgehead atoms. The fourth-order valence-electron chi connectivity index (χ4n) is 2.10. The molecule has 2 nitrogen and oxygen atoms in total. The third-order valence-electron chi connectivity index (χ3n) is 3.06. The summed E-state index contributed by atoms with van der Waals surface area (Å²) in [7, 11) is 0. The highest BCUT2D eigenvalue weighted by Crippen LogP contribution is 2.26. The number of benzene rings is 2. The van der Waals surface area contributed by atoms with Crippen molar-refractivity contribution in [1.29, 1.82) is 0 Å². The summed E-state index contributed by atoms with van der Waals surface area (Å²) >= 11 is 5.75. The summed E-state index contributed by atoms with van der Waals surface area (Å²) in [5.74, 6) is 0.209. The van der Waals surface area contributed by atoms with Gasteiger partial charge in [-0.1, -0.05) is 35.9 Å². The highest BCUT2D eigenvalue weighted by molar-refractivity contribution is 6.30. The minimum Gasteiger partial charge on any atom is -0.491 e. The molecular weight excluding hydrogens is 291 g/mol. The summed E-state index contributed by atoms with van der Waals surface area (Å²) in [5.41, 5.74) is 1.08. The lowest BCUT2D eigenvalue weighted by Crippen LogP contribution is -2.07. The van der Waals surface area contributed by atoms with E-state index in [0.717, 1.165) is 0 Å². The van der Waals surface area contributed by atoms with E-state index in [2.05, 4.69) is 0 Å². The smallest absolute Gasteiger partial charge is 0.145 e. The van der Waals surface area contributed by atoms with Crippen molar-refractivity contribution < 1.29 is 14.2 Å². The molecule has 0 heterocycles. The van der Waals surface area contributed by atoms with Gasteiger partial charge in [-0.05, 0) is 43.2 Å². The largest absolute Gasteiger partial charge is 0.491 e. The van der Waals surface area contributed by atoms with Gasteiger partial charge < -0.3 is 9.84 Å². The van der Waals surface area contributed by atoms with Gasteiger partial charge in [0.25, 0.3) is 0 Å². The van der Waals surface area contributed by atoms with Gasteiger partial charge in [0.05, 0.1) is 17.2 Å². The van der Waals surface area contributed by atoms with E-state index in [1.165, 1.54) is 6.07 Å². The van der Waals surface area contributed by atoms with Crippen LogP contribution in [0.2, 0.25) is 5.02 Å². The van der Waals surface area contributed by atoms with Crippen LogP contribution in [0.5, 0.6) is 5.75 Å². The Morgan fingerprint density at radius 2 is 1.90 bits per heavy atom. The van der Waals surface area contributed by atoms with Crippen LogP contribution < -0.4 is 4.74 Å². The summed E-state index contributed by atoms with van der Waals surface area (Å²) in [4.78, 5) is 0. The Labute approximate surface area is 129 Å². The minimum absolute atomic E-state index is 0.0581. The molecule has 0 amide bonds. The molecule has 112 valence electrons. The van der Waals surface area contributed by atoms with Crippen molar-refractivity contribution in [3.8, 4) is 5.75 Å². The Kier molecular flexibility index (Phi) is 5.21. The van der Waals surface area contributed by atoms with Crippen molar-refractivity contribution in [3.63, 3.8) is 0 Å². The van der Waals surface area contributed by atoms with Gasteiger partial charge in [0, 0.05) is 6.42 Å². The third-order valence-corrected chi connectivity index (χ3v) is 3.35. The van der Waals surface area contributed by atoms with E-state index >= 15 is 0 Å².